The van der Waals surface area contributed by atoms with Crippen molar-refractivity contribution in [3.63, 3.8) is 0 Å². The van der Waals surface area contributed by atoms with Gasteiger partial charge in [0.15, 0.2) is 5.76 Å². The number of methoxy groups -OCH3 is 1. The molecular formula is C20H17N3O4. The summed E-state index contributed by atoms with van der Waals surface area (Å²) >= 11 is 0. The Balaban J connectivity index is 1.69. The zero-order valence-corrected chi connectivity index (χ0v) is 14.5. The van der Waals surface area contributed by atoms with Crippen molar-refractivity contribution in [1.82, 2.24) is 5.43 Å². The summed E-state index contributed by atoms with van der Waals surface area (Å²) in [6.45, 7) is 0. The van der Waals surface area contributed by atoms with Crippen LogP contribution in [-0.2, 0) is 0 Å². The monoisotopic (exact) mass is 363 g/mol. The summed E-state index contributed by atoms with van der Waals surface area (Å²) in [5.74, 6) is -0.0536. The Morgan fingerprint density at radius 1 is 1.04 bits per heavy atom. The number of rotatable bonds is 6. The first-order chi connectivity index (χ1) is 13.2. The minimum absolute atomic E-state index is 0.154. The molecule has 0 radical (unpaired) electrons. The number of nitrogens with one attached hydrogen (secondary N) is 2. The third kappa shape index (κ3) is 4.60. The van der Waals surface area contributed by atoms with Crippen LogP contribution in [0, 0.1) is 0 Å². The van der Waals surface area contributed by atoms with E-state index in [0.717, 1.165) is 5.56 Å². The quantitative estimate of drug-likeness (QED) is 0.519. The molecule has 2 aromatic carbocycles. The molecule has 2 amide bonds. The van der Waals surface area contributed by atoms with E-state index in [-0.39, 0.29) is 11.3 Å². The first-order valence-corrected chi connectivity index (χ1v) is 8.08. The van der Waals surface area contributed by atoms with E-state index in [9.17, 15) is 9.59 Å². The van der Waals surface area contributed by atoms with Crippen LogP contribution in [0.1, 0.15) is 26.5 Å². The standard InChI is InChI=1S/C20H17N3O4/c1-26-15-7-4-6-14(12-15)13-21-23-19(24)16-8-2-3-9-17(16)22-20(25)18-10-5-11-27-18/h2-13H,1H3,(H,22,25)(H,23,24)/b21-13-. The first kappa shape index (κ1) is 17.9. The maximum absolute atomic E-state index is 12.4. The maximum atomic E-state index is 12.4. The number of carbonyl (C=O) groups is 2. The first-order valence-electron chi connectivity index (χ1n) is 8.08. The van der Waals surface area contributed by atoms with E-state index in [2.05, 4.69) is 15.8 Å². The molecule has 7 nitrogen and oxygen atoms in total. The van der Waals surface area contributed by atoms with Crippen LogP contribution >= 0.6 is 0 Å². The number of para-hydroxylation sites is 1. The fourth-order valence-corrected chi connectivity index (χ4v) is 2.33. The van der Waals surface area contributed by atoms with Gasteiger partial charge in [-0.15, -0.1) is 0 Å². The fraction of sp³-hybridized carbons (Fsp3) is 0.0500. The van der Waals surface area contributed by atoms with Gasteiger partial charge in [-0.25, -0.2) is 5.43 Å². The molecule has 0 unspecified atom stereocenters. The summed E-state index contributed by atoms with van der Waals surface area (Å²) in [4.78, 5) is 24.6. The molecule has 3 aromatic rings. The molecule has 3 rings (SSSR count). The van der Waals surface area contributed by atoms with Gasteiger partial charge < -0.3 is 14.5 Å². The molecule has 0 aliphatic heterocycles. The van der Waals surface area contributed by atoms with Gasteiger partial charge in [-0.1, -0.05) is 24.3 Å². The molecule has 0 saturated carbocycles. The van der Waals surface area contributed by atoms with Gasteiger partial charge in [0.2, 0.25) is 0 Å². The van der Waals surface area contributed by atoms with Gasteiger partial charge in [0.1, 0.15) is 5.75 Å². The number of carbonyl (C=O) groups excluding carboxylic acids is 2. The average Bonchev–Trinajstić information content (AvgIpc) is 3.23. The molecule has 27 heavy (non-hydrogen) atoms. The minimum Gasteiger partial charge on any atom is -0.497 e. The van der Waals surface area contributed by atoms with Crippen LogP contribution < -0.4 is 15.5 Å². The molecule has 0 spiro atoms. The topological polar surface area (TPSA) is 92.9 Å². The molecule has 1 aromatic heterocycles. The van der Waals surface area contributed by atoms with Crippen molar-refractivity contribution in [3.05, 3.63) is 83.8 Å². The second-order valence-electron chi connectivity index (χ2n) is 5.45. The van der Waals surface area contributed by atoms with Gasteiger partial charge in [0.25, 0.3) is 11.8 Å². The van der Waals surface area contributed by atoms with Gasteiger partial charge >= 0.3 is 0 Å². The smallest absolute Gasteiger partial charge is 0.291 e. The van der Waals surface area contributed by atoms with E-state index in [1.54, 1.807) is 43.5 Å². The molecule has 7 heteroatoms. The highest BCUT2D eigenvalue weighted by Crippen LogP contribution is 2.16. The highest BCUT2D eigenvalue weighted by molar-refractivity contribution is 6.07. The van der Waals surface area contributed by atoms with Gasteiger partial charge in [-0.2, -0.15) is 5.10 Å². The van der Waals surface area contributed by atoms with Gasteiger partial charge in [-0.3, -0.25) is 9.59 Å². The van der Waals surface area contributed by atoms with Crippen LogP contribution in [0.3, 0.4) is 0 Å². The Kier molecular flexibility index (Phi) is 5.64. The number of benzene rings is 2. The molecule has 0 saturated heterocycles. The lowest BCUT2D eigenvalue weighted by atomic mass is 10.1. The lowest BCUT2D eigenvalue weighted by molar-refractivity contribution is 0.0956. The number of hydrogen-bond acceptors (Lipinski definition) is 5. The molecular weight excluding hydrogens is 346 g/mol. The normalized spacial score (nSPS) is 10.6. The van der Waals surface area contributed by atoms with Crippen LogP contribution in [0.2, 0.25) is 0 Å². The van der Waals surface area contributed by atoms with Crippen molar-refractivity contribution >= 4 is 23.7 Å². The van der Waals surface area contributed by atoms with Crippen molar-refractivity contribution in [2.75, 3.05) is 12.4 Å². The van der Waals surface area contributed by atoms with Crippen LogP contribution in [-0.4, -0.2) is 25.1 Å². The second-order valence-corrected chi connectivity index (χ2v) is 5.45. The summed E-state index contributed by atoms with van der Waals surface area (Å²) < 4.78 is 10.2. The zero-order chi connectivity index (χ0) is 19.1. The van der Waals surface area contributed by atoms with E-state index in [1.165, 1.54) is 18.5 Å². The molecule has 0 aliphatic carbocycles. The number of amides is 2. The lowest BCUT2D eigenvalue weighted by Crippen LogP contribution is -2.21. The van der Waals surface area contributed by atoms with Crippen LogP contribution in [0.25, 0.3) is 0 Å². The summed E-state index contributed by atoms with van der Waals surface area (Å²) in [7, 11) is 1.58. The Hall–Kier alpha value is -3.87. The highest BCUT2D eigenvalue weighted by atomic mass is 16.5. The van der Waals surface area contributed by atoms with Crippen molar-refractivity contribution in [2.24, 2.45) is 5.10 Å². The summed E-state index contributed by atoms with van der Waals surface area (Å²) in [5, 5.41) is 6.61. The van der Waals surface area contributed by atoms with Crippen LogP contribution in [0.4, 0.5) is 5.69 Å². The zero-order valence-electron chi connectivity index (χ0n) is 14.5. The SMILES string of the molecule is COc1cccc(/C=N\NC(=O)c2ccccc2NC(=O)c2ccco2)c1. The van der Waals surface area contributed by atoms with Gasteiger partial charge in [0.05, 0.1) is 30.8 Å². The van der Waals surface area contributed by atoms with E-state index in [4.69, 9.17) is 9.15 Å². The minimum atomic E-state index is -0.454. The van der Waals surface area contributed by atoms with E-state index >= 15 is 0 Å². The highest BCUT2D eigenvalue weighted by Gasteiger charge is 2.15. The largest absolute Gasteiger partial charge is 0.497 e. The number of anilines is 1. The maximum Gasteiger partial charge on any atom is 0.291 e. The Labute approximate surface area is 155 Å². The van der Waals surface area contributed by atoms with E-state index in [1.807, 2.05) is 18.2 Å². The van der Waals surface area contributed by atoms with E-state index in [0.29, 0.717) is 11.4 Å². The number of furan rings is 1. The number of hydrazone groups is 1. The summed E-state index contributed by atoms with van der Waals surface area (Å²) in [5.41, 5.74) is 3.85. The van der Waals surface area contributed by atoms with Crippen molar-refractivity contribution in [1.29, 1.82) is 0 Å². The van der Waals surface area contributed by atoms with Gasteiger partial charge in [0, 0.05) is 0 Å². The van der Waals surface area contributed by atoms with Crippen LogP contribution in [0.15, 0.2) is 76.4 Å². The molecule has 0 atom stereocenters. The van der Waals surface area contributed by atoms with Gasteiger partial charge in [-0.05, 0) is 42.0 Å². The Bertz CT molecular complexity index is 965. The van der Waals surface area contributed by atoms with Crippen molar-refractivity contribution in [2.45, 2.75) is 0 Å². The fourth-order valence-electron chi connectivity index (χ4n) is 2.33. The Morgan fingerprint density at radius 3 is 2.67 bits per heavy atom. The van der Waals surface area contributed by atoms with E-state index < -0.39 is 11.8 Å². The van der Waals surface area contributed by atoms with Crippen LogP contribution in [0.5, 0.6) is 5.75 Å². The second kappa shape index (κ2) is 8.48. The molecule has 0 bridgehead atoms. The number of hydrogen-bond donors (Lipinski definition) is 2. The summed E-state index contributed by atoms with van der Waals surface area (Å²) in [6.07, 6.45) is 2.91. The lowest BCUT2D eigenvalue weighted by Gasteiger charge is -2.08. The summed E-state index contributed by atoms with van der Waals surface area (Å²) in [6, 6.07) is 17.0. The predicted octanol–water partition coefficient (Wildman–Crippen LogP) is 3.30. The average molecular weight is 363 g/mol. The molecule has 0 fully saturated rings. The predicted molar refractivity (Wildman–Crippen MR) is 101 cm³/mol. The number of nitrogens with zero attached hydrogens (tertiary/aromatic N) is 1. The molecule has 0 aliphatic rings. The molecule has 1 heterocycles. The number of ether oxygens (including phenoxy) is 1. The molecule has 136 valence electrons. The van der Waals surface area contributed by atoms with Crippen molar-refractivity contribution < 1.29 is 18.7 Å². The van der Waals surface area contributed by atoms with Crippen molar-refractivity contribution in [3.8, 4) is 5.75 Å². The Morgan fingerprint density at radius 2 is 1.89 bits per heavy atom. The third-order valence-corrected chi connectivity index (χ3v) is 3.64. The molecule has 2 N–H and O–H groups in total. The third-order valence-electron chi connectivity index (χ3n) is 3.64.